The molecule has 0 spiro atoms. The van der Waals surface area contributed by atoms with Gasteiger partial charge in [-0.1, -0.05) is 18.2 Å². The highest BCUT2D eigenvalue weighted by Gasteiger charge is 2.16. The predicted octanol–water partition coefficient (Wildman–Crippen LogP) is 3.75. The molecular weight excluding hydrogens is 280 g/mol. The Morgan fingerprint density at radius 1 is 1.26 bits per heavy atom. The van der Waals surface area contributed by atoms with Gasteiger partial charge >= 0.3 is 0 Å². The van der Waals surface area contributed by atoms with Gasteiger partial charge in [0, 0.05) is 0 Å². The first-order valence-electron chi connectivity index (χ1n) is 5.88. The lowest BCUT2D eigenvalue weighted by molar-refractivity contribution is 0.817. The number of nitrogens with zero attached hydrogens (tertiary/aromatic N) is 2. The molecule has 96 valence electrons. The van der Waals surface area contributed by atoms with Gasteiger partial charge in [-0.15, -0.1) is 22.9 Å². The van der Waals surface area contributed by atoms with Crippen LogP contribution < -0.4 is 5.56 Å². The summed E-state index contributed by atoms with van der Waals surface area (Å²) < 4.78 is 2.25. The first kappa shape index (κ1) is 12.4. The molecule has 0 saturated carbocycles. The fourth-order valence-corrected chi connectivity index (χ4v) is 2.93. The smallest absolute Gasteiger partial charge is 0.267 e. The van der Waals surface area contributed by atoms with E-state index in [-0.39, 0.29) is 10.9 Å². The predicted molar refractivity (Wildman–Crippen MR) is 79.5 cm³/mol. The van der Waals surface area contributed by atoms with E-state index in [1.807, 2.05) is 48.7 Å². The van der Waals surface area contributed by atoms with Crippen LogP contribution >= 0.6 is 22.9 Å². The number of rotatable bonds is 2. The Hall–Kier alpha value is -1.65. The Bertz CT molecular complexity index is 777. The number of fused-ring (bicyclic) bond motifs is 1. The maximum absolute atomic E-state index is 12.6. The molecule has 1 atom stereocenters. The van der Waals surface area contributed by atoms with E-state index in [0.717, 1.165) is 5.69 Å². The molecule has 3 rings (SSSR count). The first-order valence-corrected chi connectivity index (χ1v) is 7.20. The molecule has 0 aliphatic heterocycles. The quantitative estimate of drug-likeness (QED) is 0.674. The van der Waals surface area contributed by atoms with E-state index in [1.165, 1.54) is 11.3 Å². The summed E-state index contributed by atoms with van der Waals surface area (Å²) in [5.74, 6) is 0.573. The zero-order valence-corrected chi connectivity index (χ0v) is 11.8. The lowest BCUT2D eigenvalue weighted by Crippen LogP contribution is -2.23. The van der Waals surface area contributed by atoms with Crippen LogP contribution in [0.4, 0.5) is 0 Å². The van der Waals surface area contributed by atoms with Crippen molar-refractivity contribution in [1.82, 2.24) is 9.55 Å². The first-order chi connectivity index (χ1) is 9.18. The minimum atomic E-state index is -0.336. The highest BCUT2D eigenvalue weighted by molar-refractivity contribution is 7.17. The van der Waals surface area contributed by atoms with E-state index >= 15 is 0 Å². The van der Waals surface area contributed by atoms with Gasteiger partial charge in [-0.2, -0.15) is 0 Å². The van der Waals surface area contributed by atoms with Gasteiger partial charge in [0.25, 0.3) is 5.56 Å². The molecule has 2 heterocycles. The van der Waals surface area contributed by atoms with Crippen LogP contribution in [0.1, 0.15) is 18.1 Å². The van der Waals surface area contributed by atoms with Crippen molar-refractivity contribution in [2.24, 2.45) is 0 Å². The Kier molecular flexibility index (Phi) is 3.12. The van der Waals surface area contributed by atoms with Crippen LogP contribution in [0.5, 0.6) is 0 Å². The summed E-state index contributed by atoms with van der Waals surface area (Å²) in [4.78, 5) is 17.1. The molecule has 0 bridgehead atoms. The van der Waals surface area contributed by atoms with Crippen LogP contribution in [0.15, 0.2) is 46.6 Å². The molecule has 3 nitrogen and oxygen atoms in total. The highest BCUT2D eigenvalue weighted by Crippen LogP contribution is 2.23. The summed E-state index contributed by atoms with van der Waals surface area (Å²) >= 11 is 7.58. The molecule has 0 radical (unpaired) electrons. The molecule has 0 aliphatic rings. The van der Waals surface area contributed by atoms with Crippen LogP contribution in [0.3, 0.4) is 0 Å². The van der Waals surface area contributed by atoms with Crippen LogP contribution in [0.25, 0.3) is 15.9 Å². The third-order valence-electron chi connectivity index (χ3n) is 2.88. The number of halogens is 1. The second-order valence-corrected chi connectivity index (χ2v) is 5.77. The van der Waals surface area contributed by atoms with Gasteiger partial charge in [-0.25, -0.2) is 4.98 Å². The molecule has 0 amide bonds. The third-order valence-corrected chi connectivity index (χ3v) is 3.96. The number of thiophene rings is 1. The Balaban J connectivity index is 2.41. The second-order valence-electron chi connectivity index (χ2n) is 4.20. The Morgan fingerprint density at radius 3 is 2.68 bits per heavy atom. The topological polar surface area (TPSA) is 34.9 Å². The minimum absolute atomic E-state index is 0.0614. The summed E-state index contributed by atoms with van der Waals surface area (Å²) in [5, 5.41) is 1.54. The zero-order chi connectivity index (χ0) is 13.4. The van der Waals surface area contributed by atoms with Crippen molar-refractivity contribution in [1.29, 1.82) is 0 Å². The number of alkyl halides is 1. The van der Waals surface area contributed by atoms with Crippen molar-refractivity contribution in [3.05, 3.63) is 58.0 Å². The van der Waals surface area contributed by atoms with Gasteiger partial charge in [0.1, 0.15) is 10.5 Å². The molecule has 0 aliphatic carbocycles. The maximum Gasteiger partial charge on any atom is 0.276 e. The SMILES string of the molecule is CC(Cl)c1nc2ccsc2c(=O)n1-c1ccccc1. The molecule has 3 aromatic rings. The van der Waals surface area contributed by atoms with E-state index < -0.39 is 0 Å². The average molecular weight is 291 g/mol. The molecule has 5 heteroatoms. The van der Waals surface area contributed by atoms with Gasteiger partial charge in [0.2, 0.25) is 0 Å². The van der Waals surface area contributed by atoms with Crippen LogP contribution in [0, 0.1) is 0 Å². The zero-order valence-electron chi connectivity index (χ0n) is 10.2. The molecule has 0 saturated heterocycles. The summed E-state index contributed by atoms with van der Waals surface area (Å²) in [5.41, 5.74) is 1.44. The molecular formula is C14H11ClN2OS. The molecule has 1 unspecified atom stereocenters. The van der Waals surface area contributed by atoms with Gasteiger partial charge in [0.05, 0.1) is 16.6 Å². The van der Waals surface area contributed by atoms with Gasteiger partial charge < -0.3 is 0 Å². The van der Waals surface area contributed by atoms with E-state index in [9.17, 15) is 4.79 Å². The molecule has 0 N–H and O–H groups in total. The van der Waals surface area contributed by atoms with Crippen LogP contribution in [-0.2, 0) is 0 Å². The van der Waals surface area contributed by atoms with Gasteiger partial charge in [-0.05, 0) is 30.5 Å². The maximum atomic E-state index is 12.6. The Labute approximate surface area is 119 Å². The van der Waals surface area contributed by atoms with Crippen molar-refractivity contribution in [2.45, 2.75) is 12.3 Å². The summed E-state index contributed by atoms with van der Waals surface area (Å²) in [6, 6.07) is 11.3. The fourth-order valence-electron chi connectivity index (χ4n) is 2.02. The van der Waals surface area contributed by atoms with Gasteiger partial charge in [0.15, 0.2) is 0 Å². The molecule has 19 heavy (non-hydrogen) atoms. The number of hydrogen-bond acceptors (Lipinski definition) is 3. The number of aromatic nitrogens is 2. The molecule has 0 fully saturated rings. The van der Waals surface area contributed by atoms with Crippen molar-refractivity contribution < 1.29 is 0 Å². The van der Waals surface area contributed by atoms with E-state index in [2.05, 4.69) is 4.98 Å². The number of hydrogen-bond donors (Lipinski definition) is 0. The van der Waals surface area contributed by atoms with E-state index in [1.54, 1.807) is 4.57 Å². The minimum Gasteiger partial charge on any atom is -0.267 e. The Morgan fingerprint density at radius 2 is 2.00 bits per heavy atom. The average Bonchev–Trinajstić information content (AvgIpc) is 2.88. The normalized spacial score (nSPS) is 12.7. The van der Waals surface area contributed by atoms with Crippen molar-refractivity contribution in [3.8, 4) is 5.69 Å². The van der Waals surface area contributed by atoms with Crippen molar-refractivity contribution >= 4 is 33.2 Å². The summed E-state index contributed by atoms with van der Waals surface area (Å²) in [6.45, 7) is 1.82. The van der Waals surface area contributed by atoms with Gasteiger partial charge in [-0.3, -0.25) is 9.36 Å². The molecule has 2 aromatic heterocycles. The highest BCUT2D eigenvalue weighted by atomic mass is 35.5. The third kappa shape index (κ3) is 2.07. The second kappa shape index (κ2) is 4.79. The fraction of sp³-hybridized carbons (Fsp3) is 0.143. The lowest BCUT2D eigenvalue weighted by Gasteiger charge is -2.13. The van der Waals surface area contributed by atoms with Crippen molar-refractivity contribution in [2.75, 3.05) is 0 Å². The van der Waals surface area contributed by atoms with Crippen LogP contribution in [0.2, 0.25) is 0 Å². The number of benzene rings is 1. The monoisotopic (exact) mass is 290 g/mol. The summed E-state index contributed by atoms with van der Waals surface area (Å²) in [6.07, 6.45) is 0. The molecule has 1 aromatic carbocycles. The lowest BCUT2D eigenvalue weighted by atomic mass is 10.3. The largest absolute Gasteiger partial charge is 0.276 e. The van der Waals surface area contributed by atoms with E-state index in [0.29, 0.717) is 16.0 Å². The summed E-state index contributed by atoms with van der Waals surface area (Å²) in [7, 11) is 0. The number of para-hydroxylation sites is 1. The van der Waals surface area contributed by atoms with Crippen LogP contribution in [-0.4, -0.2) is 9.55 Å². The standard InChI is InChI=1S/C14H11ClN2OS/c1-9(15)13-16-11-7-8-19-12(11)14(18)17(13)10-5-3-2-4-6-10/h2-9H,1H3. The van der Waals surface area contributed by atoms with E-state index in [4.69, 9.17) is 11.6 Å². The van der Waals surface area contributed by atoms with Crippen molar-refractivity contribution in [3.63, 3.8) is 0 Å².